The largest absolute Gasteiger partial charge is 0.305 e. The Morgan fingerprint density at radius 2 is 2.15 bits per heavy atom. The van der Waals surface area contributed by atoms with E-state index in [1.54, 1.807) is 17.0 Å². The Kier molecular flexibility index (Phi) is 2.96. The minimum atomic E-state index is -0.0700. The number of anilines is 1. The minimum Gasteiger partial charge on any atom is -0.305 e. The van der Waals surface area contributed by atoms with Crippen LogP contribution in [0.3, 0.4) is 0 Å². The molecule has 0 spiro atoms. The Balaban J connectivity index is 1.96. The van der Waals surface area contributed by atoms with E-state index in [1.165, 1.54) is 11.8 Å². The minimum absolute atomic E-state index is 0.0700. The molecule has 0 radical (unpaired) electrons. The van der Waals surface area contributed by atoms with Crippen LogP contribution in [-0.2, 0) is 6.42 Å². The molecule has 1 amide bonds. The predicted molar refractivity (Wildman–Crippen MR) is 75.4 cm³/mol. The van der Waals surface area contributed by atoms with Gasteiger partial charge >= 0.3 is 0 Å². The zero-order chi connectivity index (χ0) is 14.1. The molecule has 1 unspecified atom stereocenters. The monoisotopic (exact) mass is 263 g/mol. The molecular formula is C16H13N3O. The number of pyridine rings is 1. The van der Waals surface area contributed by atoms with Crippen LogP contribution < -0.4 is 4.90 Å². The molecule has 2 aromatic rings. The number of fused-ring (bicyclic) bond motifs is 1. The van der Waals surface area contributed by atoms with Gasteiger partial charge in [-0.1, -0.05) is 18.2 Å². The molecule has 0 saturated heterocycles. The highest BCUT2D eigenvalue weighted by Gasteiger charge is 2.31. The van der Waals surface area contributed by atoms with Crippen LogP contribution >= 0.6 is 0 Å². The van der Waals surface area contributed by atoms with E-state index in [1.807, 2.05) is 31.2 Å². The number of rotatable bonds is 1. The summed E-state index contributed by atoms with van der Waals surface area (Å²) in [4.78, 5) is 18.4. The maximum atomic E-state index is 12.6. The summed E-state index contributed by atoms with van der Waals surface area (Å²) in [5, 5.41) is 8.74. The smallest absolute Gasteiger partial charge is 0.260 e. The number of nitriles is 1. The molecule has 3 rings (SSSR count). The molecule has 1 aromatic carbocycles. The maximum absolute atomic E-state index is 12.6. The number of amides is 1. The Morgan fingerprint density at radius 1 is 1.35 bits per heavy atom. The Bertz CT molecular complexity index is 700. The lowest BCUT2D eigenvalue weighted by molar-refractivity contribution is 0.0981. The van der Waals surface area contributed by atoms with Crippen molar-refractivity contribution in [3.8, 4) is 6.07 Å². The summed E-state index contributed by atoms with van der Waals surface area (Å²) in [6, 6.07) is 13.3. The fourth-order valence-corrected chi connectivity index (χ4v) is 2.60. The highest BCUT2D eigenvalue weighted by Crippen LogP contribution is 2.32. The van der Waals surface area contributed by atoms with Gasteiger partial charge in [-0.05, 0) is 37.1 Å². The first-order valence-corrected chi connectivity index (χ1v) is 6.48. The van der Waals surface area contributed by atoms with Gasteiger partial charge in [-0.15, -0.1) is 0 Å². The van der Waals surface area contributed by atoms with Crippen LogP contribution in [-0.4, -0.2) is 16.9 Å². The standard InChI is InChI=1S/C16H13N3O/c1-11-8-12-4-2-3-5-15(12)19(11)16(20)13-6-7-14(9-17)18-10-13/h2-7,10-11H,8H2,1H3. The van der Waals surface area contributed by atoms with Crippen molar-refractivity contribution in [3.05, 3.63) is 59.4 Å². The number of nitrogens with zero attached hydrogens (tertiary/aromatic N) is 3. The van der Waals surface area contributed by atoms with Crippen molar-refractivity contribution in [3.63, 3.8) is 0 Å². The fourth-order valence-electron chi connectivity index (χ4n) is 2.60. The van der Waals surface area contributed by atoms with Crippen molar-refractivity contribution >= 4 is 11.6 Å². The third kappa shape index (κ3) is 1.94. The van der Waals surface area contributed by atoms with Crippen LogP contribution in [0.4, 0.5) is 5.69 Å². The van der Waals surface area contributed by atoms with E-state index < -0.39 is 0 Å². The first kappa shape index (κ1) is 12.4. The van der Waals surface area contributed by atoms with Crippen LogP contribution in [0.5, 0.6) is 0 Å². The normalized spacial score (nSPS) is 16.6. The van der Waals surface area contributed by atoms with Gasteiger partial charge in [0.1, 0.15) is 11.8 Å². The van der Waals surface area contributed by atoms with Gasteiger partial charge in [-0.3, -0.25) is 4.79 Å². The quantitative estimate of drug-likeness (QED) is 0.794. The van der Waals surface area contributed by atoms with Gasteiger partial charge in [-0.2, -0.15) is 5.26 Å². The van der Waals surface area contributed by atoms with E-state index in [0.29, 0.717) is 11.3 Å². The average Bonchev–Trinajstić information content (AvgIpc) is 2.82. The maximum Gasteiger partial charge on any atom is 0.260 e. The molecule has 0 bridgehead atoms. The highest BCUT2D eigenvalue weighted by molar-refractivity contribution is 6.07. The van der Waals surface area contributed by atoms with Crippen molar-refractivity contribution < 1.29 is 4.79 Å². The van der Waals surface area contributed by atoms with Gasteiger partial charge in [-0.25, -0.2) is 4.98 Å². The molecule has 2 heterocycles. The number of carbonyl (C=O) groups excluding carboxylic acids is 1. The Morgan fingerprint density at radius 3 is 2.85 bits per heavy atom. The predicted octanol–water partition coefficient (Wildman–Crippen LogP) is 2.54. The van der Waals surface area contributed by atoms with Gasteiger partial charge in [0, 0.05) is 17.9 Å². The van der Waals surface area contributed by atoms with E-state index in [-0.39, 0.29) is 11.9 Å². The van der Waals surface area contributed by atoms with Crippen molar-refractivity contribution in [2.24, 2.45) is 0 Å². The molecule has 20 heavy (non-hydrogen) atoms. The van der Waals surface area contributed by atoms with E-state index in [9.17, 15) is 4.79 Å². The molecule has 1 atom stereocenters. The summed E-state index contributed by atoms with van der Waals surface area (Å²) in [6.07, 6.45) is 2.33. The van der Waals surface area contributed by atoms with Crippen LogP contribution in [0, 0.1) is 11.3 Å². The third-order valence-electron chi connectivity index (χ3n) is 3.55. The molecule has 1 aliphatic heterocycles. The van der Waals surface area contributed by atoms with Gasteiger partial charge in [0.05, 0.1) is 5.56 Å². The van der Waals surface area contributed by atoms with Crippen molar-refractivity contribution in [1.82, 2.24) is 4.98 Å². The summed E-state index contributed by atoms with van der Waals surface area (Å²) in [5.41, 5.74) is 2.98. The first-order chi connectivity index (χ1) is 9.70. The van der Waals surface area contributed by atoms with Crippen LogP contribution in [0.1, 0.15) is 28.5 Å². The molecular weight excluding hydrogens is 250 g/mol. The lowest BCUT2D eigenvalue weighted by Gasteiger charge is -2.22. The van der Waals surface area contributed by atoms with Gasteiger partial charge < -0.3 is 4.90 Å². The number of hydrogen-bond donors (Lipinski definition) is 0. The second-order valence-corrected chi connectivity index (χ2v) is 4.90. The van der Waals surface area contributed by atoms with Gasteiger partial charge in [0.2, 0.25) is 0 Å². The van der Waals surface area contributed by atoms with E-state index >= 15 is 0 Å². The molecule has 0 aliphatic carbocycles. The molecule has 4 heteroatoms. The number of hydrogen-bond acceptors (Lipinski definition) is 3. The summed E-state index contributed by atoms with van der Waals surface area (Å²) in [5.74, 6) is -0.0700. The van der Waals surface area contributed by atoms with Gasteiger partial charge in [0.25, 0.3) is 5.91 Å². The summed E-state index contributed by atoms with van der Waals surface area (Å²) in [7, 11) is 0. The number of benzene rings is 1. The summed E-state index contributed by atoms with van der Waals surface area (Å²) >= 11 is 0. The Hall–Kier alpha value is -2.67. The topological polar surface area (TPSA) is 57.0 Å². The zero-order valence-corrected chi connectivity index (χ0v) is 11.1. The second kappa shape index (κ2) is 4.78. The number of aromatic nitrogens is 1. The number of carbonyl (C=O) groups is 1. The highest BCUT2D eigenvalue weighted by atomic mass is 16.2. The molecule has 0 fully saturated rings. The van der Waals surface area contributed by atoms with E-state index in [2.05, 4.69) is 11.1 Å². The van der Waals surface area contributed by atoms with Crippen molar-refractivity contribution in [2.45, 2.75) is 19.4 Å². The summed E-state index contributed by atoms with van der Waals surface area (Å²) < 4.78 is 0. The van der Waals surface area contributed by atoms with Crippen molar-refractivity contribution in [1.29, 1.82) is 5.26 Å². The zero-order valence-electron chi connectivity index (χ0n) is 11.1. The molecule has 0 N–H and O–H groups in total. The van der Waals surface area contributed by atoms with Crippen molar-refractivity contribution in [2.75, 3.05) is 4.90 Å². The number of para-hydroxylation sites is 1. The van der Waals surface area contributed by atoms with E-state index in [0.717, 1.165) is 12.1 Å². The fraction of sp³-hybridized carbons (Fsp3) is 0.188. The lowest BCUT2D eigenvalue weighted by atomic mass is 10.1. The molecule has 1 aromatic heterocycles. The van der Waals surface area contributed by atoms with E-state index in [4.69, 9.17) is 5.26 Å². The average molecular weight is 263 g/mol. The Labute approximate surface area is 117 Å². The third-order valence-corrected chi connectivity index (χ3v) is 3.55. The van der Waals surface area contributed by atoms with Crippen LogP contribution in [0.15, 0.2) is 42.6 Å². The second-order valence-electron chi connectivity index (χ2n) is 4.90. The lowest BCUT2D eigenvalue weighted by Crippen LogP contribution is -2.35. The molecule has 0 saturated carbocycles. The first-order valence-electron chi connectivity index (χ1n) is 6.48. The molecule has 98 valence electrons. The molecule has 1 aliphatic rings. The van der Waals surface area contributed by atoms with Crippen LogP contribution in [0.2, 0.25) is 0 Å². The van der Waals surface area contributed by atoms with Gasteiger partial charge in [0.15, 0.2) is 0 Å². The SMILES string of the molecule is CC1Cc2ccccc2N1C(=O)c1ccc(C#N)nc1. The van der Waals surface area contributed by atoms with Crippen LogP contribution in [0.25, 0.3) is 0 Å². The molecule has 4 nitrogen and oxygen atoms in total. The summed E-state index contributed by atoms with van der Waals surface area (Å²) in [6.45, 7) is 2.04.